The van der Waals surface area contributed by atoms with Crippen LogP contribution in [0.4, 0.5) is 18.9 Å². The molecular formula is C25H24ClF3N2O3S. The van der Waals surface area contributed by atoms with Gasteiger partial charge in [-0.2, -0.15) is 0 Å². The molecule has 0 heterocycles. The van der Waals surface area contributed by atoms with Gasteiger partial charge in [-0.25, -0.2) is 21.6 Å². The number of carbonyl (C=O) groups is 1. The molecule has 2 unspecified atom stereocenters. The fourth-order valence-electron chi connectivity index (χ4n) is 3.91. The first-order valence-electron chi connectivity index (χ1n) is 10.7. The molecule has 3 aromatic rings. The number of carbonyl (C=O) groups excluding carboxylic acids is 1. The Balaban J connectivity index is 2.21. The number of primary amides is 1. The van der Waals surface area contributed by atoms with E-state index in [1.54, 1.807) is 6.92 Å². The number of sulfonamides is 1. The maximum absolute atomic E-state index is 14.9. The molecular weight excluding hydrogens is 501 g/mol. The Morgan fingerprint density at radius 1 is 0.943 bits per heavy atom. The highest BCUT2D eigenvalue weighted by Crippen LogP contribution is 2.39. The van der Waals surface area contributed by atoms with Crippen molar-refractivity contribution in [1.82, 2.24) is 0 Å². The SMILES string of the molecule is CC(CCC(N)=O)c1cc(F)ccc1C(C)N(c1cc(F)ccc1F)S(=O)(=O)c1ccc(Cl)cc1. The first-order valence-corrected chi connectivity index (χ1v) is 12.6. The van der Waals surface area contributed by atoms with E-state index in [-0.39, 0.29) is 23.7 Å². The van der Waals surface area contributed by atoms with Crippen LogP contribution in [-0.4, -0.2) is 14.3 Å². The zero-order valence-corrected chi connectivity index (χ0v) is 20.6. The summed E-state index contributed by atoms with van der Waals surface area (Å²) in [7, 11) is -4.44. The Labute approximate surface area is 207 Å². The molecule has 3 aromatic carbocycles. The third kappa shape index (κ3) is 5.97. The third-order valence-electron chi connectivity index (χ3n) is 5.72. The molecule has 0 radical (unpaired) electrons. The van der Waals surface area contributed by atoms with E-state index in [0.717, 1.165) is 28.6 Å². The van der Waals surface area contributed by atoms with Gasteiger partial charge in [-0.3, -0.25) is 9.10 Å². The second-order valence-corrected chi connectivity index (χ2v) is 10.5. The first-order chi connectivity index (χ1) is 16.4. The molecule has 186 valence electrons. The lowest BCUT2D eigenvalue weighted by Gasteiger charge is -2.33. The Morgan fingerprint density at radius 3 is 2.17 bits per heavy atom. The van der Waals surface area contributed by atoms with Crippen molar-refractivity contribution in [3.63, 3.8) is 0 Å². The standard InChI is InChI=1S/C25H24ClF3N2O3S/c1-15(3-12-25(30)32)22-13-18(27)6-10-21(22)16(2)31(24-14-19(28)7-11-23(24)29)35(33,34)20-8-4-17(26)5-9-20/h4-11,13-16H,3,12H2,1-2H3,(H2,30,32). The summed E-state index contributed by atoms with van der Waals surface area (Å²) in [6.07, 6.45) is 0.327. The molecule has 35 heavy (non-hydrogen) atoms. The number of nitrogens with zero attached hydrogens (tertiary/aromatic N) is 1. The number of anilines is 1. The van der Waals surface area contributed by atoms with Crippen LogP contribution in [0.15, 0.2) is 65.6 Å². The van der Waals surface area contributed by atoms with Gasteiger partial charge in [0.2, 0.25) is 5.91 Å². The smallest absolute Gasteiger partial charge is 0.264 e. The number of nitrogens with two attached hydrogens (primary N) is 1. The monoisotopic (exact) mass is 524 g/mol. The highest BCUT2D eigenvalue weighted by molar-refractivity contribution is 7.92. The van der Waals surface area contributed by atoms with Gasteiger partial charge in [0.15, 0.2) is 0 Å². The third-order valence-corrected chi connectivity index (χ3v) is 7.87. The predicted molar refractivity (Wildman–Crippen MR) is 129 cm³/mol. The largest absolute Gasteiger partial charge is 0.370 e. The summed E-state index contributed by atoms with van der Waals surface area (Å²) in [5.41, 5.74) is 5.53. The predicted octanol–water partition coefficient (Wildman–Crippen LogP) is 6.08. The molecule has 3 rings (SSSR count). The summed E-state index contributed by atoms with van der Waals surface area (Å²) in [6, 6.07) is 10.5. The molecule has 0 aromatic heterocycles. The van der Waals surface area contributed by atoms with Crippen LogP contribution in [0.2, 0.25) is 5.02 Å². The van der Waals surface area contributed by atoms with Gasteiger partial charge in [-0.15, -0.1) is 0 Å². The molecule has 2 N–H and O–H groups in total. The van der Waals surface area contributed by atoms with E-state index in [2.05, 4.69) is 0 Å². The molecule has 0 saturated carbocycles. The molecule has 0 saturated heterocycles. The normalized spacial score (nSPS) is 13.3. The number of rotatable bonds is 9. The quantitative estimate of drug-likeness (QED) is 0.368. The molecule has 0 bridgehead atoms. The lowest BCUT2D eigenvalue weighted by atomic mass is 9.89. The Hall–Kier alpha value is -3.04. The average Bonchev–Trinajstić information content (AvgIpc) is 2.79. The van der Waals surface area contributed by atoms with Gasteiger partial charge in [0.1, 0.15) is 17.5 Å². The molecule has 2 atom stereocenters. The number of halogens is 4. The Bertz CT molecular complexity index is 1330. The number of amides is 1. The van der Waals surface area contributed by atoms with Gasteiger partial charge in [-0.05, 0) is 78.9 Å². The van der Waals surface area contributed by atoms with Gasteiger partial charge in [-0.1, -0.05) is 24.6 Å². The highest BCUT2D eigenvalue weighted by Gasteiger charge is 2.34. The van der Waals surface area contributed by atoms with Gasteiger partial charge < -0.3 is 5.73 Å². The van der Waals surface area contributed by atoms with Crippen molar-refractivity contribution in [3.8, 4) is 0 Å². The van der Waals surface area contributed by atoms with Crippen molar-refractivity contribution in [3.05, 3.63) is 94.3 Å². The van der Waals surface area contributed by atoms with Crippen LogP contribution in [-0.2, 0) is 14.8 Å². The average molecular weight is 525 g/mol. The molecule has 5 nitrogen and oxygen atoms in total. The summed E-state index contributed by atoms with van der Waals surface area (Å²) in [5, 5.41) is 0.296. The van der Waals surface area contributed by atoms with E-state index in [9.17, 15) is 26.4 Å². The molecule has 10 heteroatoms. The van der Waals surface area contributed by atoms with E-state index in [4.69, 9.17) is 17.3 Å². The van der Waals surface area contributed by atoms with Crippen molar-refractivity contribution in [2.24, 2.45) is 5.73 Å². The zero-order chi connectivity index (χ0) is 25.9. The molecule has 0 aliphatic carbocycles. The fourth-order valence-corrected chi connectivity index (χ4v) is 5.68. The lowest BCUT2D eigenvalue weighted by molar-refractivity contribution is -0.118. The number of hydrogen-bond acceptors (Lipinski definition) is 3. The maximum Gasteiger partial charge on any atom is 0.264 e. The van der Waals surface area contributed by atoms with Crippen molar-refractivity contribution in [2.75, 3.05) is 4.31 Å². The van der Waals surface area contributed by atoms with Crippen LogP contribution in [0.5, 0.6) is 0 Å². The van der Waals surface area contributed by atoms with Crippen LogP contribution < -0.4 is 10.0 Å². The van der Waals surface area contributed by atoms with Gasteiger partial charge in [0.05, 0.1) is 16.6 Å². The van der Waals surface area contributed by atoms with E-state index in [1.165, 1.54) is 43.3 Å². The second-order valence-electron chi connectivity index (χ2n) is 8.21. The number of hydrogen-bond donors (Lipinski definition) is 1. The Kier molecular flexibility index (Phi) is 8.12. The van der Waals surface area contributed by atoms with Crippen LogP contribution in [0.1, 0.15) is 49.8 Å². The molecule has 0 aliphatic rings. The Morgan fingerprint density at radius 2 is 1.54 bits per heavy atom. The van der Waals surface area contributed by atoms with E-state index in [1.807, 2.05) is 0 Å². The summed E-state index contributed by atoms with van der Waals surface area (Å²) in [5.74, 6) is -3.27. The van der Waals surface area contributed by atoms with Crippen molar-refractivity contribution >= 4 is 33.2 Å². The summed E-state index contributed by atoms with van der Waals surface area (Å²) >= 11 is 5.90. The zero-order valence-electron chi connectivity index (χ0n) is 19.0. The van der Waals surface area contributed by atoms with E-state index < -0.39 is 45.1 Å². The minimum atomic E-state index is -4.44. The van der Waals surface area contributed by atoms with Crippen molar-refractivity contribution in [1.29, 1.82) is 0 Å². The van der Waals surface area contributed by atoms with E-state index in [0.29, 0.717) is 16.1 Å². The maximum atomic E-state index is 14.9. The highest BCUT2D eigenvalue weighted by atomic mass is 35.5. The van der Waals surface area contributed by atoms with Crippen LogP contribution >= 0.6 is 11.6 Å². The van der Waals surface area contributed by atoms with Gasteiger partial charge in [0, 0.05) is 17.5 Å². The fraction of sp³-hybridized carbons (Fsp3) is 0.240. The van der Waals surface area contributed by atoms with Crippen LogP contribution in [0.25, 0.3) is 0 Å². The molecule has 1 amide bonds. The topological polar surface area (TPSA) is 80.5 Å². The van der Waals surface area contributed by atoms with Crippen molar-refractivity contribution in [2.45, 2.75) is 43.5 Å². The van der Waals surface area contributed by atoms with Crippen LogP contribution in [0, 0.1) is 17.5 Å². The lowest BCUT2D eigenvalue weighted by Crippen LogP contribution is -2.35. The minimum absolute atomic E-state index is 0.0385. The van der Waals surface area contributed by atoms with Crippen molar-refractivity contribution < 1.29 is 26.4 Å². The van der Waals surface area contributed by atoms with Crippen LogP contribution in [0.3, 0.4) is 0 Å². The van der Waals surface area contributed by atoms with E-state index >= 15 is 0 Å². The van der Waals surface area contributed by atoms with Gasteiger partial charge in [0.25, 0.3) is 10.0 Å². The second kappa shape index (κ2) is 10.7. The first kappa shape index (κ1) is 26.6. The number of benzene rings is 3. The summed E-state index contributed by atoms with van der Waals surface area (Å²) < 4.78 is 71.5. The summed E-state index contributed by atoms with van der Waals surface area (Å²) in [4.78, 5) is 11.1. The molecule has 0 spiro atoms. The summed E-state index contributed by atoms with van der Waals surface area (Å²) in [6.45, 7) is 3.24. The minimum Gasteiger partial charge on any atom is -0.370 e. The molecule has 0 aliphatic heterocycles. The van der Waals surface area contributed by atoms with Gasteiger partial charge >= 0.3 is 0 Å². The molecule has 0 fully saturated rings.